The number of aliphatic carboxylic acids is 1. The first-order valence-electron chi connectivity index (χ1n) is 14.9. The third-order valence-corrected chi connectivity index (χ3v) is 6.94. The molecule has 3 amide bonds. The third kappa shape index (κ3) is 12.0. The fourth-order valence-electron chi connectivity index (χ4n) is 4.50. The lowest BCUT2D eigenvalue weighted by molar-refractivity contribution is -0.142. The van der Waals surface area contributed by atoms with Gasteiger partial charge >= 0.3 is 17.7 Å². The van der Waals surface area contributed by atoms with Crippen molar-refractivity contribution in [3.63, 3.8) is 0 Å². The number of benzene rings is 3. The van der Waals surface area contributed by atoms with E-state index in [0.717, 1.165) is 22.1 Å². The molecule has 4 rings (SSSR count). The molecule has 1 aromatic heterocycles. The van der Waals surface area contributed by atoms with Crippen LogP contribution in [-0.2, 0) is 27.4 Å². The Labute approximate surface area is 276 Å². The molecule has 0 saturated heterocycles. The molecule has 0 aliphatic heterocycles. The van der Waals surface area contributed by atoms with Crippen molar-refractivity contribution in [3.8, 4) is 0 Å². The van der Waals surface area contributed by atoms with Gasteiger partial charge in [-0.15, -0.1) is 0 Å². The molecule has 0 spiro atoms. The highest BCUT2D eigenvalue weighted by Crippen LogP contribution is 2.17. The monoisotopic (exact) mass is 658 g/mol. The Balaban J connectivity index is 0.000000344. The number of nitrogens with two attached hydrogens (primary N) is 2. The SMILES string of the molecule is Cc1cc(=O)oc2cc(C(N)=O)ccc12.N=C(N)NCCC[C@H](NC(=O)[C@H](Cc1ccccc1)NC(=O)OCc1ccccc1)C(=O)O. The van der Waals surface area contributed by atoms with Crippen molar-refractivity contribution in [3.05, 3.63) is 118 Å². The summed E-state index contributed by atoms with van der Waals surface area (Å²) in [6.07, 6.45) is -0.136. The lowest BCUT2D eigenvalue weighted by Crippen LogP contribution is -2.52. The molecule has 1 heterocycles. The number of nitrogens with one attached hydrogen (secondary N) is 4. The number of aryl methyl sites for hydroxylation is 1. The topological polar surface area (TPSA) is 240 Å². The number of amides is 3. The van der Waals surface area contributed by atoms with Gasteiger partial charge in [0.25, 0.3) is 0 Å². The van der Waals surface area contributed by atoms with Crippen LogP contribution in [0.4, 0.5) is 4.79 Å². The summed E-state index contributed by atoms with van der Waals surface area (Å²) in [4.78, 5) is 58.9. The van der Waals surface area contributed by atoms with Gasteiger partial charge in [-0.1, -0.05) is 66.7 Å². The molecule has 252 valence electrons. The first-order valence-corrected chi connectivity index (χ1v) is 14.9. The van der Waals surface area contributed by atoms with E-state index in [4.69, 9.17) is 26.0 Å². The molecule has 0 aliphatic carbocycles. The van der Waals surface area contributed by atoms with Crippen LogP contribution in [0.2, 0.25) is 0 Å². The summed E-state index contributed by atoms with van der Waals surface area (Å²) in [5.41, 5.74) is 13.0. The van der Waals surface area contributed by atoms with Gasteiger partial charge in [-0.25, -0.2) is 14.4 Å². The van der Waals surface area contributed by atoms with E-state index in [1.165, 1.54) is 12.1 Å². The van der Waals surface area contributed by atoms with E-state index in [0.29, 0.717) is 24.1 Å². The van der Waals surface area contributed by atoms with Crippen molar-refractivity contribution in [2.24, 2.45) is 11.5 Å². The van der Waals surface area contributed by atoms with Crippen molar-refractivity contribution in [2.45, 2.75) is 44.9 Å². The molecule has 4 aromatic rings. The van der Waals surface area contributed by atoms with Crippen LogP contribution in [0, 0.1) is 12.3 Å². The van der Waals surface area contributed by atoms with Crippen molar-refractivity contribution >= 4 is 40.8 Å². The Hall–Kier alpha value is -6.18. The van der Waals surface area contributed by atoms with Crippen LogP contribution < -0.4 is 33.0 Å². The number of hydrogen-bond donors (Lipinski definition) is 7. The molecular weight excluding hydrogens is 620 g/mol. The van der Waals surface area contributed by atoms with Crippen LogP contribution in [0.3, 0.4) is 0 Å². The van der Waals surface area contributed by atoms with Crippen molar-refractivity contribution in [2.75, 3.05) is 6.54 Å². The Kier molecular flexibility index (Phi) is 13.7. The zero-order valence-corrected chi connectivity index (χ0v) is 26.2. The molecule has 2 atom stereocenters. The highest BCUT2D eigenvalue weighted by atomic mass is 16.5. The number of guanidine groups is 1. The Bertz CT molecular complexity index is 1780. The number of carbonyl (C=O) groups is 4. The molecule has 9 N–H and O–H groups in total. The molecule has 0 bridgehead atoms. The minimum Gasteiger partial charge on any atom is -0.480 e. The first-order chi connectivity index (χ1) is 22.9. The van der Waals surface area contributed by atoms with E-state index in [-0.39, 0.29) is 25.4 Å². The predicted octanol–water partition coefficient (Wildman–Crippen LogP) is 2.56. The van der Waals surface area contributed by atoms with E-state index in [2.05, 4.69) is 16.0 Å². The average Bonchev–Trinajstić information content (AvgIpc) is 3.05. The normalized spacial score (nSPS) is 11.6. The van der Waals surface area contributed by atoms with E-state index in [1.54, 1.807) is 48.5 Å². The van der Waals surface area contributed by atoms with E-state index in [1.807, 2.05) is 31.2 Å². The van der Waals surface area contributed by atoms with Gasteiger partial charge in [-0.2, -0.15) is 0 Å². The van der Waals surface area contributed by atoms with Crippen LogP contribution >= 0.6 is 0 Å². The summed E-state index contributed by atoms with van der Waals surface area (Å²) < 4.78 is 10.2. The van der Waals surface area contributed by atoms with Gasteiger partial charge in [0.1, 0.15) is 24.3 Å². The van der Waals surface area contributed by atoms with E-state index < -0.39 is 41.6 Å². The summed E-state index contributed by atoms with van der Waals surface area (Å²) in [6.45, 7) is 2.14. The van der Waals surface area contributed by atoms with Gasteiger partial charge in [-0.05, 0) is 48.6 Å². The molecule has 0 radical (unpaired) electrons. The molecule has 0 saturated carbocycles. The number of fused-ring (bicyclic) bond motifs is 1. The van der Waals surface area contributed by atoms with Gasteiger partial charge in [0.2, 0.25) is 11.8 Å². The molecular formula is C34H38N6O8. The molecule has 0 fully saturated rings. The summed E-state index contributed by atoms with van der Waals surface area (Å²) in [5.74, 6) is -2.59. The lowest BCUT2D eigenvalue weighted by Gasteiger charge is -2.21. The quantitative estimate of drug-likeness (QED) is 0.0479. The molecule has 0 unspecified atom stereocenters. The molecule has 14 heteroatoms. The number of ether oxygens (including phenoxy) is 1. The smallest absolute Gasteiger partial charge is 0.408 e. The lowest BCUT2D eigenvalue weighted by atomic mass is 10.0. The minimum absolute atomic E-state index is 0.0350. The number of carboxylic acid groups (broad SMARTS) is 1. The zero-order valence-electron chi connectivity index (χ0n) is 26.2. The van der Waals surface area contributed by atoms with E-state index in [9.17, 15) is 29.1 Å². The zero-order chi connectivity index (χ0) is 35.1. The first kappa shape index (κ1) is 36.3. The maximum atomic E-state index is 12.9. The number of primary amides is 1. The van der Waals surface area contributed by atoms with Gasteiger partial charge in [0, 0.05) is 30.0 Å². The average molecular weight is 659 g/mol. The number of carbonyl (C=O) groups excluding carboxylic acids is 3. The van der Waals surface area contributed by atoms with Gasteiger partial charge in [0.15, 0.2) is 5.96 Å². The fourth-order valence-corrected chi connectivity index (χ4v) is 4.50. The second kappa shape index (κ2) is 18.1. The molecule has 14 nitrogen and oxygen atoms in total. The molecule has 0 aliphatic rings. The predicted molar refractivity (Wildman–Crippen MR) is 178 cm³/mol. The number of carboxylic acids is 1. The fraction of sp³-hybridized carbons (Fsp3) is 0.235. The highest BCUT2D eigenvalue weighted by Gasteiger charge is 2.27. The van der Waals surface area contributed by atoms with Crippen LogP contribution in [0.1, 0.15) is 39.9 Å². The minimum atomic E-state index is -1.20. The molecule has 48 heavy (non-hydrogen) atoms. The Morgan fingerprint density at radius 2 is 1.54 bits per heavy atom. The second-order valence-corrected chi connectivity index (χ2v) is 10.7. The number of hydrogen-bond acceptors (Lipinski definition) is 8. The standard InChI is InChI=1S/C23H29N5O5.C11H9NO3/c24-22(25)26-13-7-12-18(21(30)31)27-20(29)19(14-16-8-3-1-4-9-16)28-23(32)33-15-17-10-5-2-6-11-17;1-6-4-10(13)15-9-5-7(11(12)14)2-3-8(6)9/h1-6,8-11,18-19H,7,12-15H2,(H,27,29)(H,28,32)(H,30,31)(H4,24,25,26);2-5H,1H3,(H2,12,14)/t18-,19-;/m0./s1. The van der Waals surface area contributed by atoms with Crippen molar-refractivity contribution < 1.29 is 33.4 Å². The summed E-state index contributed by atoms with van der Waals surface area (Å²) in [5, 5.41) is 25.0. The summed E-state index contributed by atoms with van der Waals surface area (Å²) in [7, 11) is 0. The second-order valence-electron chi connectivity index (χ2n) is 10.7. The highest BCUT2D eigenvalue weighted by molar-refractivity contribution is 5.96. The van der Waals surface area contributed by atoms with Gasteiger partial charge < -0.3 is 41.7 Å². The molecule has 3 aromatic carbocycles. The van der Waals surface area contributed by atoms with E-state index >= 15 is 0 Å². The maximum Gasteiger partial charge on any atom is 0.408 e. The van der Waals surface area contributed by atoms with Crippen molar-refractivity contribution in [1.82, 2.24) is 16.0 Å². The van der Waals surface area contributed by atoms with Crippen molar-refractivity contribution in [1.29, 1.82) is 5.41 Å². The van der Waals surface area contributed by atoms with Crippen LogP contribution in [-0.4, -0.2) is 53.6 Å². The summed E-state index contributed by atoms with van der Waals surface area (Å²) in [6, 6.07) is 22.2. The Morgan fingerprint density at radius 3 is 2.15 bits per heavy atom. The van der Waals surface area contributed by atoms with Gasteiger partial charge in [-0.3, -0.25) is 15.0 Å². The third-order valence-electron chi connectivity index (χ3n) is 6.94. The maximum absolute atomic E-state index is 12.9. The van der Waals surface area contributed by atoms with Crippen LogP contribution in [0.25, 0.3) is 11.0 Å². The van der Waals surface area contributed by atoms with Gasteiger partial charge in [0.05, 0.1) is 0 Å². The number of alkyl carbamates (subject to hydrolysis) is 1. The Morgan fingerprint density at radius 1 is 0.896 bits per heavy atom. The van der Waals surface area contributed by atoms with Crippen LogP contribution in [0.15, 0.2) is 94.1 Å². The van der Waals surface area contributed by atoms with Crippen LogP contribution in [0.5, 0.6) is 0 Å². The largest absolute Gasteiger partial charge is 0.480 e. The summed E-state index contributed by atoms with van der Waals surface area (Å²) >= 11 is 0. The number of rotatable bonds is 13.